The van der Waals surface area contributed by atoms with Gasteiger partial charge in [0.25, 0.3) is 0 Å². The number of hydrogen-bond acceptors (Lipinski definition) is 5. The van der Waals surface area contributed by atoms with Crippen LogP contribution < -0.4 is 4.90 Å². The van der Waals surface area contributed by atoms with E-state index in [4.69, 9.17) is 16.3 Å². The van der Waals surface area contributed by atoms with Gasteiger partial charge >= 0.3 is 6.09 Å². The van der Waals surface area contributed by atoms with E-state index in [-0.39, 0.29) is 11.1 Å². The SMILES string of the molecule is CC(C)(C)OC(=O)N(c1ccc(F)cc1)c1nc(Cl)nc2c1ncn2Cc1ccccc1. The van der Waals surface area contributed by atoms with Gasteiger partial charge in [0.15, 0.2) is 17.0 Å². The molecule has 7 nitrogen and oxygen atoms in total. The Kier molecular flexibility index (Phi) is 5.80. The van der Waals surface area contributed by atoms with Gasteiger partial charge in [-0.25, -0.2) is 19.1 Å². The maximum Gasteiger partial charge on any atom is 0.420 e. The normalized spacial score (nSPS) is 11.5. The lowest BCUT2D eigenvalue weighted by Crippen LogP contribution is -2.34. The molecular weight excluding hydrogens is 433 g/mol. The number of rotatable bonds is 4. The van der Waals surface area contributed by atoms with E-state index in [9.17, 15) is 9.18 Å². The molecule has 0 unspecified atom stereocenters. The van der Waals surface area contributed by atoms with E-state index >= 15 is 0 Å². The summed E-state index contributed by atoms with van der Waals surface area (Å²) in [7, 11) is 0. The fourth-order valence-electron chi connectivity index (χ4n) is 3.17. The minimum absolute atomic E-state index is 0.0574. The average Bonchev–Trinajstić information content (AvgIpc) is 3.11. The summed E-state index contributed by atoms with van der Waals surface area (Å²) in [6.07, 6.45) is 0.919. The van der Waals surface area contributed by atoms with E-state index in [1.165, 1.54) is 29.2 Å². The van der Waals surface area contributed by atoms with Crippen molar-refractivity contribution >= 4 is 40.4 Å². The molecule has 0 saturated heterocycles. The molecule has 4 aromatic rings. The Labute approximate surface area is 189 Å². The number of ether oxygens (including phenoxy) is 1. The second-order valence-electron chi connectivity index (χ2n) is 8.14. The predicted octanol–water partition coefficient (Wildman–Crippen LogP) is 5.74. The summed E-state index contributed by atoms with van der Waals surface area (Å²) in [5.74, 6) is -0.288. The van der Waals surface area contributed by atoms with E-state index in [2.05, 4.69) is 15.0 Å². The first-order valence-electron chi connectivity index (χ1n) is 9.92. The van der Waals surface area contributed by atoms with Crippen LogP contribution in [0.3, 0.4) is 0 Å². The second-order valence-corrected chi connectivity index (χ2v) is 8.48. The van der Waals surface area contributed by atoms with E-state index in [0.717, 1.165) is 5.56 Å². The average molecular weight is 454 g/mol. The largest absolute Gasteiger partial charge is 0.443 e. The number of imidazole rings is 1. The molecule has 0 saturated carbocycles. The summed E-state index contributed by atoms with van der Waals surface area (Å²) in [6.45, 7) is 5.77. The molecule has 0 atom stereocenters. The molecule has 164 valence electrons. The van der Waals surface area contributed by atoms with E-state index in [1.807, 2.05) is 34.9 Å². The Morgan fingerprint density at radius 3 is 2.44 bits per heavy atom. The molecule has 0 bridgehead atoms. The molecule has 2 aromatic carbocycles. The number of carbonyl (C=O) groups is 1. The summed E-state index contributed by atoms with van der Waals surface area (Å²) < 4.78 is 21.0. The Morgan fingerprint density at radius 1 is 1.09 bits per heavy atom. The van der Waals surface area contributed by atoms with E-state index < -0.39 is 17.5 Å². The van der Waals surface area contributed by atoms with Crippen molar-refractivity contribution in [2.45, 2.75) is 32.9 Å². The van der Waals surface area contributed by atoms with Crippen LogP contribution in [-0.4, -0.2) is 31.2 Å². The number of fused-ring (bicyclic) bond motifs is 1. The third-order valence-electron chi connectivity index (χ3n) is 4.49. The van der Waals surface area contributed by atoms with Gasteiger partial charge in [0.05, 0.1) is 18.6 Å². The quantitative estimate of drug-likeness (QED) is 0.368. The minimum atomic E-state index is -0.766. The van der Waals surface area contributed by atoms with Crippen LogP contribution in [0.1, 0.15) is 26.3 Å². The highest BCUT2D eigenvalue weighted by molar-refractivity contribution is 6.29. The molecule has 0 aliphatic rings. The molecular formula is C23H21ClFN5O2. The molecule has 0 radical (unpaired) electrons. The number of aromatic nitrogens is 4. The van der Waals surface area contributed by atoms with E-state index in [1.54, 1.807) is 27.1 Å². The van der Waals surface area contributed by atoms with Crippen LogP contribution in [0.2, 0.25) is 5.28 Å². The lowest BCUT2D eigenvalue weighted by molar-refractivity contribution is 0.0598. The summed E-state index contributed by atoms with van der Waals surface area (Å²) in [5.41, 5.74) is 1.46. The van der Waals surface area contributed by atoms with Gasteiger partial charge in [-0.15, -0.1) is 0 Å². The standard InChI is InChI=1S/C23H21ClFN5O2/c1-23(2,3)32-22(31)30(17-11-9-16(25)10-12-17)20-18-19(27-21(24)28-20)29(14-26-18)13-15-7-5-4-6-8-15/h4-12,14H,13H2,1-3H3. The van der Waals surface area contributed by atoms with Gasteiger partial charge in [0, 0.05) is 0 Å². The molecule has 0 spiro atoms. The number of nitrogens with zero attached hydrogens (tertiary/aromatic N) is 5. The molecule has 2 heterocycles. The van der Waals surface area contributed by atoms with Gasteiger partial charge in [-0.05, 0) is 62.2 Å². The molecule has 0 N–H and O–H groups in total. The van der Waals surface area contributed by atoms with Crippen LogP contribution in [0.15, 0.2) is 60.9 Å². The molecule has 4 rings (SSSR count). The first kappa shape index (κ1) is 21.7. The third kappa shape index (κ3) is 4.70. The fourth-order valence-corrected chi connectivity index (χ4v) is 3.33. The molecule has 0 aliphatic carbocycles. The Bertz CT molecular complexity index is 1250. The Hall–Kier alpha value is -3.52. The number of halogens is 2. The first-order chi connectivity index (χ1) is 15.2. The smallest absolute Gasteiger partial charge is 0.420 e. The Balaban J connectivity index is 1.85. The Morgan fingerprint density at radius 2 is 1.78 bits per heavy atom. The maximum absolute atomic E-state index is 13.6. The van der Waals surface area contributed by atoms with Crippen molar-refractivity contribution < 1.29 is 13.9 Å². The third-order valence-corrected chi connectivity index (χ3v) is 4.66. The number of amides is 1. The summed E-state index contributed by atoms with van der Waals surface area (Å²) in [4.78, 5) is 27.5. The van der Waals surface area contributed by atoms with Crippen molar-refractivity contribution in [3.05, 3.63) is 77.6 Å². The van der Waals surface area contributed by atoms with Gasteiger partial charge < -0.3 is 9.30 Å². The van der Waals surface area contributed by atoms with Crippen molar-refractivity contribution in [2.24, 2.45) is 0 Å². The lowest BCUT2D eigenvalue weighted by Gasteiger charge is -2.27. The molecule has 32 heavy (non-hydrogen) atoms. The van der Waals surface area contributed by atoms with Gasteiger partial charge in [0.1, 0.15) is 11.4 Å². The molecule has 0 fully saturated rings. The van der Waals surface area contributed by atoms with E-state index in [0.29, 0.717) is 23.4 Å². The van der Waals surface area contributed by atoms with Crippen molar-refractivity contribution in [1.29, 1.82) is 0 Å². The molecule has 2 aromatic heterocycles. The highest BCUT2D eigenvalue weighted by Gasteiger charge is 2.29. The van der Waals surface area contributed by atoms with Crippen LogP contribution in [0.25, 0.3) is 11.2 Å². The zero-order valence-corrected chi connectivity index (χ0v) is 18.5. The van der Waals surface area contributed by atoms with Gasteiger partial charge in [-0.3, -0.25) is 0 Å². The monoisotopic (exact) mass is 453 g/mol. The van der Waals surface area contributed by atoms with Crippen molar-refractivity contribution in [2.75, 3.05) is 4.90 Å². The zero-order valence-electron chi connectivity index (χ0n) is 17.8. The van der Waals surface area contributed by atoms with Crippen molar-refractivity contribution in [3.8, 4) is 0 Å². The maximum atomic E-state index is 13.6. The van der Waals surface area contributed by atoms with Crippen molar-refractivity contribution in [1.82, 2.24) is 19.5 Å². The number of hydrogen-bond donors (Lipinski definition) is 0. The fraction of sp³-hybridized carbons (Fsp3) is 0.217. The molecule has 0 aliphatic heterocycles. The number of benzene rings is 2. The van der Waals surface area contributed by atoms with Gasteiger partial charge in [-0.2, -0.15) is 9.97 Å². The van der Waals surface area contributed by atoms with Crippen molar-refractivity contribution in [3.63, 3.8) is 0 Å². The van der Waals surface area contributed by atoms with Crippen LogP contribution >= 0.6 is 11.6 Å². The van der Waals surface area contributed by atoms with Crippen LogP contribution in [-0.2, 0) is 11.3 Å². The lowest BCUT2D eigenvalue weighted by atomic mass is 10.2. The highest BCUT2D eigenvalue weighted by Crippen LogP contribution is 2.32. The highest BCUT2D eigenvalue weighted by atomic mass is 35.5. The summed E-state index contributed by atoms with van der Waals surface area (Å²) in [6, 6.07) is 15.2. The zero-order chi connectivity index (χ0) is 22.9. The minimum Gasteiger partial charge on any atom is -0.443 e. The van der Waals surface area contributed by atoms with Crippen LogP contribution in [0.4, 0.5) is 20.7 Å². The van der Waals surface area contributed by atoms with Crippen LogP contribution in [0.5, 0.6) is 0 Å². The predicted molar refractivity (Wildman–Crippen MR) is 121 cm³/mol. The molecule has 1 amide bonds. The first-order valence-corrected chi connectivity index (χ1v) is 10.3. The topological polar surface area (TPSA) is 73.1 Å². The number of anilines is 2. The summed E-state index contributed by atoms with van der Waals surface area (Å²) >= 11 is 6.25. The summed E-state index contributed by atoms with van der Waals surface area (Å²) in [5, 5.41) is -0.0574. The second kappa shape index (κ2) is 8.55. The number of carbonyl (C=O) groups excluding carboxylic acids is 1. The molecule has 9 heteroatoms. The van der Waals surface area contributed by atoms with Gasteiger partial charge in [-0.1, -0.05) is 30.3 Å². The van der Waals surface area contributed by atoms with Gasteiger partial charge in [0.2, 0.25) is 5.28 Å². The van der Waals surface area contributed by atoms with Crippen LogP contribution in [0, 0.1) is 5.82 Å².